The van der Waals surface area contributed by atoms with Crippen molar-refractivity contribution in [2.45, 2.75) is 24.7 Å². The quantitative estimate of drug-likeness (QED) is 0.869. The number of alkyl halides is 3. The largest absolute Gasteiger partial charge is 0.419 e. The number of likely N-dealkylation sites (N-methyl/N-ethyl adjacent to an activating group) is 1. The molecule has 7 heteroatoms. The lowest BCUT2D eigenvalue weighted by molar-refractivity contribution is -0.140. The van der Waals surface area contributed by atoms with Crippen LogP contribution in [0.1, 0.15) is 23.6 Å². The normalized spacial score (nSPS) is 21.0. The molecule has 1 aromatic carbocycles. The lowest BCUT2D eigenvalue weighted by Gasteiger charge is -2.32. The van der Waals surface area contributed by atoms with E-state index < -0.39 is 23.6 Å². The molecule has 1 heterocycles. The molecule has 0 aliphatic carbocycles. The van der Waals surface area contributed by atoms with Gasteiger partial charge in [0.15, 0.2) is 0 Å². The Balaban J connectivity index is 2.29. The van der Waals surface area contributed by atoms with E-state index in [-0.39, 0.29) is 12.6 Å². The topological polar surface area (TPSA) is 38.5 Å². The molecule has 0 amide bonds. The van der Waals surface area contributed by atoms with E-state index in [2.05, 4.69) is 0 Å². The Kier molecular flexibility index (Phi) is 4.85. The van der Waals surface area contributed by atoms with Gasteiger partial charge in [-0.1, -0.05) is 6.07 Å². The van der Waals surface area contributed by atoms with Gasteiger partial charge in [-0.25, -0.2) is 4.39 Å². The van der Waals surface area contributed by atoms with Crippen molar-refractivity contribution in [3.05, 3.63) is 35.1 Å². The van der Waals surface area contributed by atoms with E-state index in [4.69, 9.17) is 10.5 Å². The summed E-state index contributed by atoms with van der Waals surface area (Å²) in [5.41, 5.74) is 4.82. The summed E-state index contributed by atoms with van der Waals surface area (Å²) in [6.07, 6.45) is -3.91. The third-order valence-corrected chi connectivity index (χ3v) is 3.88. The van der Waals surface area contributed by atoms with Crippen molar-refractivity contribution in [3.63, 3.8) is 0 Å². The number of nitrogens with zero attached hydrogens (tertiary/aromatic N) is 1. The second kappa shape index (κ2) is 6.29. The van der Waals surface area contributed by atoms with Crippen LogP contribution in [0.15, 0.2) is 18.2 Å². The molecule has 118 valence electrons. The molecule has 1 fully saturated rings. The number of hydrogen-bond acceptors (Lipinski definition) is 3. The molecule has 21 heavy (non-hydrogen) atoms. The average Bonchev–Trinajstić information content (AvgIpc) is 2.93. The zero-order chi connectivity index (χ0) is 15.6. The fourth-order valence-corrected chi connectivity index (χ4v) is 2.60. The van der Waals surface area contributed by atoms with Crippen LogP contribution in [-0.4, -0.2) is 37.7 Å². The van der Waals surface area contributed by atoms with E-state index in [1.54, 1.807) is 7.05 Å². The van der Waals surface area contributed by atoms with Gasteiger partial charge in [0.2, 0.25) is 0 Å². The van der Waals surface area contributed by atoms with Gasteiger partial charge in [-0.15, -0.1) is 0 Å². The maximum Gasteiger partial charge on any atom is 0.419 e. The predicted octanol–water partition coefficient (Wildman–Crippen LogP) is 2.57. The first-order chi connectivity index (χ1) is 9.84. The summed E-state index contributed by atoms with van der Waals surface area (Å²) >= 11 is 0. The Morgan fingerprint density at radius 3 is 2.67 bits per heavy atom. The van der Waals surface area contributed by atoms with Crippen molar-refractivity contribution < 1.29 is 22.3 Å². The molecule has 2 rings (SSSR count). The molecule has 3 nitrogen and oxygen atoms in total. The summed E-state index contributed by atoms with van der Waals surface area (Å²) < 4.78 is 57.0. The lowest BCUT2D eigenvalue weighted by atomic mass is 10.0. The van der Waals surface area contributed by atoms with Gasteiger partial charge in [0, 0.05) is 25.2 Å². The van der Waals surface area contributed by atoms with Crippen LogP contribution in [0.2, 0.25) is 0 Å². The molecule has 0 saturated carbocycles. The number of hydrogen-bond donors (Lipinski definition) is 1. The van der Waals surface area contributed by atoms with Crippen molar-refractivity contribution in [2.75, 3.05) is 26.8 Å². The van der Waals surface area contributed by atoms with E-state index in [0.717, 1.165) is 18.6 Å². The van der Waals surface area contributed by atoms with Gasteiger partial charge in [-0.2, -0.15) is 13.2 Å². The molecule has 1 saturated heterocycles. The van der Waals surface area contributed by atoms with E-state index in [1.807, 2.05) is 4.90 Å². The van der Waals surface area contributed by atoms with Gasteiger partial charge in [-0.3, -0.25) is 4.90 Å². The van der Waals surface area contributed by atoms with Crippen molar-refractivity contribution in [3.8, 4) is 0 Å². The number of nitrogens with two attached hydrogens (primary N) is 1. The van der Waals surface area contributed by atoms with E-state index in [0.29, 0.717) is 18.8 Å². The summed E-state index contributed by atoms with van der Waals surface area (Å²) in [5, 5.41) is 0. The monoisotopic (exact) mass is 306 g/mol. The SMILES string of the molecule is CN(C1CCOC1)C(CN)c1ccc(F)c(C(F)(F)F)c1. The Bertz CT molecular complexity index is 486. The second-order valence-corrected chi connectivity index (χ2v) is 5.17. The third kappa shape index (κ3) is 3.53. The highest BCUT2D eigenvalue weighted by atomic mass is 19.4. The maximum absolute atomic E-state index is 13.4. The molecule has 2 N–H and O–H groups in total. The molecule has 1 aliphatic rings. The third-order valence-electron chi connectivity index (χ3n) is 3.88. The highest BCUT2D eigenvalue weighted by Crippen LogP contribution is 2.34. The summed E-state index contributed by atoms with van der Waals surface area (Å²) in [5.74, 6) is -1.27. The van der Waals surface area contributed by atoms with Crippen LogP contribution in [0.3, 0.4) is 0 Å². The number of halogens is 4. The van der Waals surface area contributed by atoms with Gasteiger partial charge in [0.1, 0.15) is 5.82 Å². The summed E-state index contributed by atoms with van der Waals surface area (Å²) in [4.78, 5) is 1.90. The minimum atomic E-state index is -4.71. The lowest BCUT2D eigenvalue weighted by Crippen LogP contribution is -2.39. The van der Waals surface area contributed by atoms with Crippen molar-refractivity contribution in [1.82, 2.24) is 4.90 Å². The van der Waals surface area contributed by atoms with Crippen LogP contribution in [0, 0.1) is 5.82 Å². The molecule has 0 bridgehead atoms. The average molecular weight is 306 g/mol. The van der Waals surface area contributed by atoms with Crippen LogP contribution < -0.4 is 5.73 Å². The Morgan fingerprint density at radius 1 is 1.43 bits per heavy atom. The standard InChI is InChI=1S/C14H18F4N2O/c1-20(10-4-5-21-8-10)13(7-19)9-2-3-12(15)11(6-9)14(16,17)18/h2-3,6,10,13H,4-5,7-8,19H2,1H3. The van der Waals surface area contributed by atoms with Crippen molar-refractivity contribution in [2.24, 2.45) is 5.73 Å². The highest BCUT2D eigenvalue weighted by molar-refractivity contribution is 5.30. The minimum absolute atomic E-state index is 0.109. The number of ether oxygens (including phenoxy) is 1. The molecular formula is C14H18F4N2O. The van der Waals surface area contributed by atoms with E-state index in [9.17, 15) is 17.6 Å². The van der Waals surface area contributed by atoms with Crippen LogP contribution >= 0.6 is 0 Å². The molecule has 0 aromatic heterocycles. The number of benzene rings is 1. The van der Waals surface area contributed by atoms with Gasteiger partial charge >= 0.3 is 6.18 Å². The molecular weight excluding hydrogens is 288 g/mol. The molecule has 1 aliphatic heterocycles. The highest BCUT2D eigenvalue weighted by Gasteiger charge is 2.35. The van der Waals surface area contributed by atoms with Gasteiger partial charge < -0.3 is 10.5 Å². The summed E-state index contributed by atoms with van der Waals surface area (Å²) in [7, 11) is 1.80. The van der Waals surface area contributed by atoms with Gasteiger partial charge in [-0.05, 0) is 31.2 Å². The smallest absolute Gasteiger partial charge is 0.380 e. The Hall–Kier alpha value is -1.18. The number of rotatable bonds is 4. The Morgan fingerprint density at radius 2 is 2.14 bits per heavy atom. The van der Waals surface area contributed by atoms with Crippen LogP contribution in [0.5, 0.6) is 0 Å². The first-order valence-corrected chi connectivity index (χ1v) is 6.71. The fraction of sp³-hybridized carbons (Fsp3) is 0.571. The maximum atomic E-state index is 13.4. The molecule has 1 aromatic rings. The van der Waals surface area contributed by atoms with Crippen LogP contribution in [0.25, 0.3) is 0 Å². The van der Waals surface area contributed by atoms with Crippen molar-refractivity contribution in [1.29, 1.82) is 0 Å². The van der Waals surface area contributed by atoms with Gasteiger partial charge in [0.05, 0.1) is 12.2 Å². The fourth-order valence-electron chi connectivity index (χ4n) is 2.60. The first kappa shape index (κ1) is 16.2. The van der Waals surface area contributed by atoms with Crippen molar-refractivity contribution >= 4 is 0 Å². The summed E-state index contributed by atoms with van der Waals surface area (Å²) in [6, 6.07) is 2.75. The first-order valence-electron chi connectivity index (χ1n) is 6.71. The summed E-state index contributed by atoms with van der Waals surface area (Å²) in [6.45, 7) is 1.31. The molecule has 2 unspecified atom stereocenters. The van der Waals surface area contributed by atoms with Crippen LogP contribution in [0.4, 0.5) is 17.6 Å². The second-order valence-electron chi connectivity index (χ2n) is 5.17. The van der Waals surface area contributed by atoms with Crippen LogP contribution in [-0.2, 0) is 10.9 Å². The molecule has 0 radical (unpaired) electrons. The minimum Gasteiger partial charge on any atom is -0.380 e. The molecule has 0 spiro atoms. The predicted molar refractivity (Wildman–Crippen MR) is 70.2 cm³/mol. The van der Waals surface area contributed by atoms with E-state index >= 15 is 0 Å². The zero-order valence-electron chi connectivity index (χ0n) is 11.7. The zero-order valence-corrected chi connectivity index (χ0v) is 11.7. The Labute approximate surface area is 120 Å². The van der Waals surface area contributed by atoms with Gasteiger partial charge in [0.25, 0.3) is 0 Å². The van der Waals surface area contributed by atoms with E-state index in [1.165, 1.54) is 6.07 Å². The molecule has 2 atom stereocenters.